The molecular formula is C19H28O3. The zero-order chi connectivity index (χ0) is 15.7. The Labute approximate surface area is 132 Å². The molecule has 3 heteroatoms. The van der Waals surface area contributed by atoms with E-state index in [0.717, 1.165) is 38.5 Å². The SMILES string of the molecule is C[C@]12C[C@@H](O)[C@@H]3[C@H](CCC4=CC(=O)CC[C@@]43C)[C@@H]1CC[C@H]2O. The van der Waals surface area contributed by atoms with E-state index in [0.29, 0.717) is 18.3 Å². The lowest BCUT2D eigenvalue weighted by atomic mass is 9.46. The topological polar surface area (TPSA) is 57.5 Å². The molecule has 0 bridgehead atoms. The maximum absolute atomic E-state index is 11.8. The third kappa shape index (κ3) is 1.78. The Kier molecular flexibility index (Phi) is 3.16. The van der Waals surface area contributed by atoms with Crippen molar-refractivity contribution in [2.75, 3.05) is 0 Å². The van der Waals surface area contributed by atoms with E-state index in [1.54, 1.807) is 0 Å². The van der Waals surface area contributed by atoms with Crippen LogP contribution in [-0.2, 0) is 4.79 Å². The van der Waals surface area contributed by atoms with Gasteiger partial charge in [0.05, 0.1) is 12.2 Å². The first kappa shape index (κ1) is 14.9. The van der Waals surface area contributed by atoms with Gasteiger partial charge >= 0.3 is 0 Å². The molecule has 3 nitrogen and oxygen atoms in total. The Morgan fingerprint density at radius 3 is 2.68 bits per heavy atom. The molecule has 4 aliphatic rings. The van der Waals surface area contributed by atoms with E-state index in [-0.39, 0.29) is 34.7 Å². The van der Waals surface area contributed by atoms with Gasteiger partial charge in [-0.05, 0) is 73.2 Å². The molecule has 0 amide bonds. The van der Waals surface area contributed by atoms with Gasteiger partial charge in [-0.25, -0.2) is 0 Å². The second-order valence-corrected chi connectivity index (χ2v) is 8.76. The molecule has 122 valence electrons. The van der Waals surface area contributed by atoms with Crippen LogP contribution in [0.5, 0.6) is 0 Å². The summed E-state index contributed by atoms with van der Waals surface area (Å²) in [6, 6.07) is 0. The van der Waals surface area contributed by atoms with E-state index < -0.39 is 0 Å². The normalized spacial score (nSPS) is 54.3. The van der Waals surface area contributed by atoms with Crippen molar-refractivity contribution in [1.29, 1.82) is 0 Å². The fraction of sp³-hybridized carbons (Fsp3) is 0.842. The van der Waals surface area contributed by atoms with Crippen LogP contribution in [0.25, 0.3) is 0 Å². The Morgan fingerprint density at radius 1 is 1.14 bits per heavy atom. The second kappa shape index (κ2) is 4.67. The monoisotopic (exact) mass is 304 g/mol. The van der Waals surface area contributed by atoms with Gasteiger partial charge in [0.1, 0.15) is 0 Å². The largest absolute Gasteiger partial charge is 0.393 e. The molecule has 0 aliphatic heterocycles. The fourth-order valence-corrected chi connectivity index (χ4v) is 6.66. The van der Waals surface area contributed by atoms with Crippen LogP contribution in [0.4, 0.5) is 0 Å². The van der Waals surface area contributed by atoms with E-state index in [4.69, 9.17) is 0 Å². The van der Waals surface area contributed by atoms with Crippen molar-refractivity contribution in [1.82, 2.24) is 0 Å². The molecule has 3 saturated carbocycles. The lowest BCUT2D eigenvalue weighted by Gasteiger charge is -2.59. The molecule has 2 N–H and O–H groups in total. The molecule has 0 unspecified atom stereocenters. The smallest absolute Gasteiger partial charge is 0.155 e. The number of rotatable bonds is 0. The van der Waals surface area contributed by atoms with Gasteiger partial charge in [-0.2, -0.15) is 0 Å². The number of fused-ring (bicyclic) bond motifs is 5. The predicted molar refractivity (Wildman–Crippen MR) is 84.1 cm³/mol. The molecule has 0 heterocycles. The summed E-state index contributed by atoms with van der Waals surface area (Å²) >= 11 is 0. The Bertz CT molecular complexity index is 539. The summed E-state index contributed by atoms with van der Waals surface area (Å²) in [5.74, 6) is 1.56. The summed E-state index contributed by atoms with van der Waals surface area (Å²) < 4.78 is 0. The molecule has 4 rings (SSSR count). The number of hydrogen-bond acceptors (Lipinski definition) is 3. The number of ketones is 1. The van der Waals surface area contributed by atoms with Gasteiger partial charge in [-0.15, -0.1) is 0 Å². The first-order valence-corrected chi connectivity index (χ1v) is 8.96. The van der Waals surface area contributed by atoms with Crippen molar-refractivity contribution in [2.45, 2.75) is 71.0 Å². The highest BCUT2D eigenvalue weighted by atomic mass is 16.3. The highest BCUT2D eigenvalue weighted by Gasteiger charge is 2.61. The van der Waals surface area contributed by atoms with Crippen LogP contribution in [-0.4, -0.2) is 28.2 Å². The van der Waals surface area contributed by atoms with Crippen LogP contribution in [0.15, 0.2) is 11.6 Å². The van der Waals surface area contributed by atoms with Crippen molar-refractivity contribution >= 4 is 5.78 Å². The number of aliphatic hydroxyl groups is 2. The summed E-state index contributed by atoms with van der Waals surface area (Å²) in [5, 5.41) is 21.4. The average molecular weight is 304 g/mol. The summed E-state index contributed by atoms with van der Waals surface area (Å²) in [4.78, 5) is 11.8. The molecule has 0 aromatic carbocycles. The van der Waals surface area contributed by atoms with Gasteiger partial charge in [0.15, 0.2) is 5.78 Å². The van der Waals surface area contributed by atoms with Crippen LogP contribution in [0, 0.1) is 28.6 Å². The minimum atomic E-state index is -0.346. The standard InChI is InChI=1S/C19H28O3/c1-18-8-7-12(20)9-11(18)3-4-13-14-5-6-16(22)19(14,2)10-15(21)17(13)18/h9,13-17,21-22H,3-8,10H2,1-2H3/t13-,14+,15-,16-,17+,18+,19+/m1/s1. The van der Waals surface area contributed by atoms with Crippen molar-refractivity contribution in [3.05, 3.63) is 11.6 Å². The van der Waals surface area contributed by atoms with E-state index in [1.807, 2.05) is 6.08 Å². The molecule has 3 fully saturated rings. The minimum absolute atomic E-state index is 0.00881. The maximum Gasteiger partial charge on any atom is 0.155 e. The molecular weight excluding hydrogens is 276 g/mol. The van der Waals surface area contributed by atoms with Gasteiger partial charge in [-0.3, -0.25) is 4.79 Å². The highest BCUT2D eigenvalue weighted by molar-refractivity contribution is 5.91. The fourth-order valence-electron chi connectivity index (χ4n) is 6.66. The Morgan fingerprint density at radius 2 is 1.91 bits per heavy atom. The third-order valence-electron chi connectivity index (χ3n) is 7.84. The van der Waals surface area contributed by atoms with Crippen molar-refractivity contribution in [3.63, 3.8) is 0 Å². The lowest BCUT2D eigenvalue weighted by molar-refractivity contribution is -0.142. The lowest BCUT2D eigenvalue weighted by Crippen LogP contribution is -2.57. The molecule has 0 spiro atoms. The molecule has 0 aromatic rings. The van der Waals surface area contributed by atoms with Crippen molar-refractivity contribution in [3.8, 4) is 0 Å². The summed E-state index contributed by atoms with van der Waals surface area (Å²) in [6.45, 7) is 4.46. The van der Waals surface area contributed by atoms with Gasteiger partial charge in [0, 0.05) is 6.42 Å². The van der Waals surface area contributed by atoms with E-state index >= 15 is 0 Å². The minimum Gasteiger partial charge on any atom is -0.393 e. The highest BCUT2D eigenvalue weighted by Crippen LogP contribution is 2.65. The van der Waals surface area contributed by atoms with Gasteiger partial charge in [-0.1, -0.05) is 19.4 Å². The van der Waals surface area contributed by atoms with Crippen LogP contribution >= 0.6 is 0 Å². The second-order valence-electron chi connectivity index (χ2n) is 8.76. The molecule has 22 heavy (non-hydrogen) atoms. The first-order chi connectivity index (χ1) is 10.4. The Hall–Kier alpha value is -0.670. The van der Waals surface area contributed by atoms with Gasteiger partial charge < -0.3 is 10.2 Å². The van der Waals surface area contributed by atoms with Crippen molar-refractivity contribution in [2.24, 2.45) is 28.6 Å². The number of carbonyl (C=O) groups excluding carboxylic acids is 1. The number of hydrogen-bond donors (Lipinski definition) is 2. The molecule has 0 radical (unpaired) electrons. The first-order valence-electron chi connectivity index (χ1n) is 8.96. The summed E-state index contributed by atoms with van der Waals surface area (Å²) in [6.07, 6.45) is 7.56. The summed E-state index contributed by atoms with van der Waals surface area (Å²) in [7, 11) is 0. The van der Waals surface area contributed by atoms with Crippen LogP contribution < -0.4 is 0 Å². The van der Waals surface area contributed by atoms with E-state index in [2.05, 4.69) is 13.8 Å². The van der Waals surface area contributed by atoms with Crippen LogP contribution in [0.3, 0.4) is 0 Å². The third-order valence-corrected chi connectivity index (χ3v) is 7.84. The number of carbonyl (C=O) groups is 1. The average Bonchev–Trinajstić information content (AvgIpc) is 2.75. The zero-order valence-electron chi connectivity index (χ0n) is 13.7. The molecule has 0 saturated heterocycles. The summed E-state index contributed by atoms with van der Waals surface area (Å²) in [5.41, 5.74) is 1.17. The molecule has 7 atom stereocenters. The van der Waals surface area contributed by atoms with Crippen molar-refractivity contribution < 1.29 is 15.0 Å². The van der Waals surface area contributed by atoms with Crippen LogP contribution in [0.1, 0.15) is 58.8 Å². The quantitative estimate of drug-likeness (QED) is 0.723. The Balaban J connectivity index is 1.74. The molecule has 0 aromatic heterocycles. The maximum atomic E-state index is 11.8. The van der Waals surface area contributed by atoms with E-state index in [9.17, 15) is 15.0 Å². The molecule has 4 aliphatic carbocycles. The number of aliphatic hydroxyl groups excluding tert-OH is 2. The van der Waals surface area contributed by atoms with E-state index in [1.165, 1.54) is 5.57 Å². The zero-order valence-corrected chi connectivity index (χ0v) is 13.7. The number of allylic oxidation sites excluding steroid dienone is 1. The predicted octanol–water partition coefficient (Wildman–Crippen LogP) is 2.85. The van der Waals surface area contributed by atoms with Gasteiger partial charge in [0.2, 0.25) is 0 Å². The van der Waals surface area contributed by atoms with Crippen LogP contribution in [0.2, 0.25) is 0 Å². The van der Waals surface area contributed by atoms with Gasteiger partial charge in [0.25, 0.3) is 0 Å².